The van der Waals surface area contributed by atoms with Gasteiger partial charge >= 0.3 is 0 Å². The molecule has 0 bridgehead atoms. The van der Waals surface area contributed by atoms with Crippen molar-refractivity contribution in [3.63, 3.8) is 0 Å². The first kappa shape index (κ1) is 21.3. The molecule has 0 aliphatic rings. The summed E-state index contributed by atoms with van der Waals surface area (Å²) < 4.78 is 1.07. The van der Waals surface area contributed by atoms with Gasteiger partial charge in [-0.3, -0.25) is 0 Å². The fraction of sp³-hybridized carbons (Fsp3) is 0.294. The molecule has 2 aromatic rings. The Hall–Kier alpha value is -0.740. The summed E-state index contributed by atoms with van der Waals surface area (Å²) in [7, 11) is 2.01. The zero-order chi connectivity index (χ0) is 14.5. The Bertz CT molecular complexity index is 591. The van der Waals surface area contributed by atoms with E-state index in [1.54, 1.807) is 0 Å². The molecule has 22 heavy (non-hydrogen) atoms. The number of nitrogen functional groups attached to an aromatic ring is 1. The highest BCUT2D eigenvalue weighted by molar-refractivity contribution is 9.10. The number of anilines is 1. The van der Waals surface area contributed by atoms with E-state index in [9.17, 15) is 0 Å². The lowest BCUT2D eigenvalue weighted by molar-refractivity contribution is 0.587. The number of halogens is 3. The second-order valence-corrected chi connectivity index (χ2v) is 5.86. The Labute approximate surface area is 153 Å². The van der Waals surface area contributed by atoms with E-state index in [2.05, 4.69) is 58.5 Å². The van der Waals surface area contributed by atoms with Gasteiger partial charge in [-0.1, -0.05) is 47.1 Å². The molecule has 0 saturated heterocycles. The van der Waals surface area contributed by atoms with Gasteiger partial charge in [-0.2, -0.15) is 0 Å². The minimum absolute atomic E-state index is 0. The number of nitrogens with two attached hydrogens (primary N) is 1. The average molecular weight is 406 g/mol. The molecule has 0 radical (unpaired) electrons. The molecule has 0 amide bonds. The number of hydrogen-bond donors (Lipinski definition) is 2. The van der Waals surface area contributed by atoms with Crippen molar-refractivity contribution < 1.29 is 0 Å². The van der Waals surface area contributed by atoms with Gasteiger partial charge in [0.25, 0.3) is 0 Å². The molecule has 1 atom stereocenters. The Morgan fingerprint density at radius 3 is 2.41 bits per heavy atom. The summed E-state index contributed by atoms with van der Waals surface area (Å²) in [5.74, 6) is 0. The second-order valence-electron chi connectivity index (χ2n) is 4.94. The van der Waals surface area contributed by atoms with Crippen molar-refractivity contribution in [1.29, 1.82) is 0 Å². The van der Waals surface area contributed by atoms with E-state index >= 15 is 0 Å². The molecule has 3 N–H and O–H groups in total. The molecular formula is C17H23BrCl2N2. The lowest BCUT2D eigenvalue weighted by Crippen LogP contribution is -2.20. The summed E-state index contributed by atoms with van der Waals surface area (Å²) in [5.41, 5.74) is 10.9. The maximum Gasteiger partial charge on any atom is 0.0361 e. The SMILES string of the molecule is CCc1ccccc1C(Cc1cc(Br)ccc1N)NC.Cl.Cl. The number of benzene rings is 2. The summed E-state index contributed by atoms with van der Waals surface area (Å²) >= 11 is 3.52. The van der Waals surface area contributed by atoms with Crippen LogP contribution >= 0.6 is 40.7 Å². The smallest absolute Gasteiger partial charge is 0.0361 e. The first-order valence-electron chi connectivity index (χ1n) is 6.94. The lowest BCUT2D eigenvalue weighted by Gasteiger charge is -2.21. The van der Waals surface area contributed by atoms with Gasteiger partial charge < -0.3 is 11.1 Å². The standard InChI is InChI=1S/C17H21BrN2.2ClH/c1-3-12-6-4-5-7-15(12)17(20-2)11-13-10-14(18)8-9-16(13)19;;/h4-10,17,20H,3,11,19H2,1-2H3;2*1H. The monoisotopic (exact) mass is 404 g/mol. The third-order valence-corrected chi connectivity index (χ3v) is 4.18. The van der Waals surface area contributed by atoms with Crippen LogP contribution in [-0.2, 0) is 12.8 Å². The fourth-order valence-corrected chi connectivity index (χ4v) is 2.94. The van der Waals surface area contributed by atoms with Crippen LogP contribution in [0.15, 0.2) is 46.9 Å². The summed E-state index contributed by atoms with van der Waals surface area (Å²) in [6, 6.07) is 14.9. The van der Waals surface area contributed by atoms with Gasteiger partial charge in [-0.15, -0.1) is 24.8 Å². The first-order chi connectivity index (χ1) is 9.65. The number of aryl methyl sites for hydroxylation is 1. The van der Waals surface area contributed by atoms with E-state index in [4.69, 9.17) is 5.73 Å². The van der Waals surface area contributed by atoms with Crippen LogP contribution in [0.5, 0.6) is 0 Å². The van der Waals surface area contributed by atoms with Crippen molar-refractivity contribution in [2.24, 2.45) is 0 Å². The highest BCUT2D eigenvalue weighted by Gasteiger charge is 2.14. The molecule has 0 aliphatic carbocycles. The Kier molecular flexibility index (Phi) is 9.77. The van der Waals surface area contributed by atoms with Crippen LogP contribution in [0.1, 0.15) is 29.7 Å². The van der Waals surface area contributed by atoms with Crippen LogP contribution in [0.4, 0.5) is 5.69 Å². The molecule has 0 fully saturated rings. The van der Waals surface area contributed by atoms with Gasteiger partial charge in [0.1, 0.15) is 0 Å². The van der Waals surface area contributed by atoms with E-state index in [1.165, 1.54) is 16.7 Å². The summed E-state index contributed by atoms with van der Waals surface area (Å²) in [5, 5.41) is 3.42. The summed E-state index contributed by atoms with van der Waals surface area (Å²) in [4.78, 5) is 0. The predicted octanol–water partition coefficient (Wildman–Crippen LogP) is 4.94. The predicted molar refractivity (Wildman–Crippen MR) is 104 cm³/mol. The minimum Gasteiger partial charge on any atom is -0.399 e. The van der Waals surface area contributed by atoms with Crippen LogP contribution in [-0.4, -0.2) is 7.05 Å². The molecule has 0 aromatic heterocycles. The number of rotatable bonds is 5. The lowest BCUT2D eigenvalue weighted by atomic mass is 9.93. The Balaban J connectivity index is 0.00000220. The first-order valence-corrected chi connectivity index (χ1v) is 7.74. The average Bonchev–Trinajstić information content (AvgIpc) is 2.48. The number of nitrogens with one attached hydrogen (secondary N) is 1. The molecule has 5 heteroatoms. The van der Waals surface area contributed by atoms with Crippen molar-refractivity contribution in [1.82, 2.24) is 5.32 Å². The molecular weight excluding hydrogens is 383 g/mol. The van der Waals surface area contributed by atoms with E-state index in [0.29, 0.717) is 0 Å². The summed E-state index contributed by atoms with van der Waals surface area (Å²) in [6.07, 6.45) is 1.93. The maximum absolute atomic E-state index is 6.09. The number of likely N-dealkylation sites (N-methyl/N-ethyl adjacent to an activating group) is 1. The third-order valence-electron chi connectivity index (χ3n) is 3.69. The van der Waals surface area contributed by atoms with Crippen molar-refractivity contribution in [3.05, 3.63) is 63.6 Å². The van der Waals surface area contributed by atoms with Crippen LogP contribution in [0, 0.1) is 0 Å². The van der Waals surface area contributed by atoms with Gasteiger partial charge in [-0.25, -0.2) is 0 Å². The molecule has 2 rings (SSSR count). The van der Waals surface area contributed by atoms with Gasteiger partial charge in [0, 0.05) is 16.2 Å². The topological polar surface area (TPSA) is 38.0 Å². The van der Waals surface area contributed by atoms with Gasteiger partial charge in [0.05, 0.1) is 0 Å². The van der Waals surface area contributed by atoms with Crippen LogP contribution in [0.25, 0.3) is 0 Å². The van der Waals surface area contributed by atoms with E-state index in [-0.39, 0.29) is 30.9 Å². The molecule has 0 heterocycles. The molecule has 0 saturated carbocycles. The van der Waals surface area contributed by atoms with Crippen molar-refractivity contribution >= 4 is 46.4 Å². The second kappa shape index (κ2) is 10.1. The minimum atomic E-state index is 0. The normalized spacial score (nSPS) is 11.2. The van der Waals surface area contributed by atoms with Gasteiger partial charge in [-0.05, 0) is 54.8 Å². The van der Waals surface area contributed by atoms with Crippen LogP contribution in [0.3, 0.4) is 0 Å². The van der Waals surface area contributed by atoms with Gasteiger partial charge in [0.15, 0.2) is 0 Å². The quantitative estimate of drug-likeness (QED) is 0.691. The van der Waals surface area contributed by atoms with Gasteiger partial charge in [0.2, 0.25) is 0 Å². The zero-order valence-electron chi connectivity index (χ0n) is 12.8. The summed E-state index contributed by atoms with van der Waals surface area (Å²) in [6.45, 7) is 2.19. The highest BCUT2D eigenvalue weighted by Crippen LogP contribution is 2.26. The van der Waals surface area contributed by atoms with Crippen LogP contribution in [0.2, 0.25) is 0 Å². The third kappa shape index (κ3) is 5.17. The van der Waals surface area contributed by atoms with Crippen molar-refractivity contribution in [3.8, 4) is 0 Å². The molecule has 2 nitrogen and oxygen atoms in total. The zero-order valence-corrected chi connectivity index (χ0v) is 16.0. The van der Waals surface area contributed by atoms with E-state index in [0.717, 1.165) is 23.0 Å². The van der Waals surface area contributed by atoms with Crippen molar-refractivity contribution in [2.45, 2.75) is 25.8 Å². The Morgan fingerprint density at radius 1 is 1.09 bits per heavy atom. The highest BCUT2D eigenvalue weighted by atomic mass is 79.9. The largest absolute Gasteiger partial charge is 0.399 e. The molecule has 1 unspecified atom stereocenters. The fourth-order valence-electron chi connectivity index (χ4n) is 2.53. The van der Waals surface area contributed by atoms with E-state index < -0.39 is 0 Å². The van der Waals surface area contributed by atoms with E-state index in [1.807, 2.05) is 19.2 Å². The van der Waals surface area contributed by atoms with Crippen molar-refractivity contribution in [2.75, 3.05) is 12.8 Å². The molecule has 2 aromatic carbocycles. The number of hydrogen-bond acceptors (Lipinski definition) is 2. The Morgan fingerprint density at radius 2 is 1.77 bits per heavy atom. The molecule has 0 aliphatic heterocycles. The molecule has 0 spiro atoms. The van der Waals surface area contributed by atoms with Crippen LogP contribution < -0.4 is 11.1 Å². The maximum atomic E-state index is 6.09. The molecule has 122 valence electrons.